The summed E-state index contributed by atoms with van der Waals surface area (Å²) in [6, 6.07) is 21.6. The van der Waals surface area contributed by atoms with Gasteiger partial charge in [0.1, 0.15) is 18.1 Å². The lowest BCUT2D eigenvalue weighted by Crippen LogP contribution is -2.39. The number of fused-ring (bicyclic) bond motifs is 1. The number of carbonyl (C=O) groups excluding carboxylic acids is 1. The zero-order valence-corrected chi connectivity index (χ0v) is 15.1. The lowest BCUT2D eigenvalue weighted by molar-refractivity contribution is -0.123. The second-order valence-corrected chi connectivity index (χ2v) is 6.39. The first kappa shape index (κ1) is 17.8. The normalized spacial score (nSPS) is 11.8. The summed E-state index contributed by atoms with van der Waals surface area (Å²) in [4.78, 5) is 12.1. The fraction of sp³-hybridized carbons (Fsp3) is 0.227. The van der Waals surface area contributed by atoms with Crippen LogP contribution in [0.2, 0.25) is 0 Å². The lowest BCUT2D eigenvalue weighted by Gasteiger charge is -2.15. The largest absolute Gasteiger partial charge is 0.491 e. The van der Waals surface area contributed by atoms with Crippen molar-refractivity contribution in [2.45, 2.75) is 19.9 Å². The molecule has 0 saturated carbocycles. The standard InChI is InChI=1S/C22H23NO3/c1-16-7-10-20(11-8-16)25-14-17(2)23-22(24)15-26-21-12-9-18-5-3-4-6-19(18)13-21/h3-13,17H,14-15H2,1-2H3,(H,23,24)/t17-/m1/s1. The van der Waals surface area contributed by atoms with E-state index in [2.05, 4.69) is 5.32 Å². The molecule has 134 valence electrons. The van der Waals surface area contributed by atoms with Crippen LogP contribution >= 0.6 is 0 Å². The van der Waals surface area contributed by atoms with Gasteiger partial charge in [-0.3, -0.25) is 4.79 Å². The van der Waals surface area contributed by atoms with Crippen molar-refractivity contribution in [2.75, 3.05) is 13.2 Å². The number of ether oxygens (including phenoxy) is 2. The second-order valence-electron chi connectivity index (χ2n) is 6.39. The van der Waals surface area contributed by atoms with Gasteiger partial charge in [0.25, 0.3) is 5.91 Å². The predicted molar refractivity (Wildman–Crippen MR) is 104 cm³/mol. The van der Waals surface area contributed by atoms with Gasteiger partial charge in [-0.25, -0.2) is 0 Å². The molecule has 0 saturated heterocycles. The fourth-order valence-corrected chi connectivity index (χ4v) is 2.62. The van der Waals surface area contributed by atoms with E-state index in [1.54, 1.807) is 0 Å². The molecule has 0 unspecified atom stereocenters. The maximum atomic E-state index is 12.1. The molecule has 0 aliphatic carbocycles. The summed E-state index contributed by atoms with van der Waals surface area (Å²) in [5.41, 5.74) is 1.18. The van der Waals surface area contributed by atoms with Crippen molar-refractivity contribution in [3.05, 3.63) is 72.3 Å². The van der Waals surface area contributed by atoms with Crippen molar-refractivity contribution in [1.82, 2.24) is 5.32 Å². The highest BCUT2D eigenvalue weighted by molar-refractivity contribution is 5.84. The van der Waals surface area contributed by atoms with Gasteiger partial charge in [-0.05, 0) is 48.9 Å². The van der Waals surface area contributed by atoms with Crippen LogP contribution in [0.1, 0.15) is 12.5 Å². The Labute approximate surface area is 153 Å². The minimum absolute atomic E-state index is 0.0206. The molecule has 0 aliphatic heterocycles. The zero-order valence-electron chi connectivity index (χ0n) is 15.1. The van der Waals surface area contributed by atoms with E-state index in [-0.39, 0.29) is 18.6 Å². The molecule has 0 aromatic heterocycles. The molecule has 1 N–H and O–H groups in total. The molecule has 1 amide bonds. The number of rotatable bonds is 7. The van der Waals surface area contributed by atoms with Crippen LogP contribution in [0.4, 0.5) is 0 Å². The monoisotopic (exact) mass is 349 g/mol. The van der Waals surface area contributed by atoms with E-state index in [9.17, 15) is 4.79 Å². The number of carbonyl (C=O) groups is 1. The van der Waals surface area contributed by atoms with Crippen LogP contribution < -0.4 is 14.8 Å². The van der Waals surface area contributed by atoms with Crippen LogP contribution in [0.25, 0.3) is 10.8 Å². The third kappa shape index (κ3) is 4.99. The fourth-order valence-electron chi connectivity index (χ4n) is 2.62. The number of hydrogen-bond acceptors (Lipinski definition) is 3. The maximum absolute atomic E-state index is 12.1. The van der Waals surface area contributed by atoms with Crippen LogP contribution in [0.15, 0.2) is 66.7 Å². The number of amides is 1. The molecule has 1 atom stereocenters. The zero-order chi connectivity index (χ0) is 18.4. The first-order chi connectivity index (χ1) is 12.6. The second kappa shape index (κ2) is 8.39. The molecular weight excluding hydrogens is 326 g/mol. The number of aryl methyl sites for hydroxylation is 1. The molecule has 4 heteroatoms. The van der Waals surface area contributed by atoms with Crippen LogP contribution in [0.5, 0.6) is 11.5 Å². The van der Waals surface area contributed by atoms with Gasteiger partial charge in [-0.1, -0.05) is 48.0 Å². The molecule has 0 aliphatic rings. The minimum atomic E-state index is -0.168. The van der Waals surface area contributed by atoms with Crippen molar-refractivity contribution in [1.29, 1.82) is 0 Å². The summed E-state index contributed by atoms with van der Waals surface area (Å²) >= 11 is 0. The van der Waals surface area contributed by atoms with Crippen molar-refractivity contribution in [3.8, 4) is 11.5 Å². The number of nitrogens with one attached hydrogen (secondary N) is 1. The van der Waals surface area contributed by atoms with Gasteiger partial charge in [0.2, 0.25) is 0 Å². The molecule has 0 spiro atoms. The topological polar surface area (TPSA) is 47.6 Å². The Morgan fingerprint density at radius 2 is 1.62 bits per heavy atom. The van der Waals surface area contributed by atoms with Gasteiger partial charge in [0.15, 0.2) is 6.61 Å². The Balaban J connectivity index is 1.44. The minimum Gasteiger partial charge on any atom is -0.491 e. The van der Waals surface area contributed by atoms with Crippen LogP contribution in [0.3, 0.4) is 0 Å². The first-order valence-electron chi connectivity index (χ1n) is 8.70. The molecule has 3 aromatic carbocycles. The Bertz CT molecular complexity index is 874. The highest BCUT2D eigenvalue weighted by atomic mass is 16.5. The summed E-state index contributed by atoms with van der Waals surface area (Å²) in [6.07, 6.45) is 0. The first-order valence-corrected chi connectivity index (χ1v) is 8.70. The predicted octanol–water partition coefficient (Wildman–Crippen LogP) is 4.11. The smallest absolute Gasteiger partial charge is 0.258 e. The summed E-state index contributed by atoms with van der Waals surface area (Å²) < 4.78 is 11.3. The van der Waals surface area contributed by atoms with Gasteiger partial charge in [0.05, 0.1) is 6.04 Å². The van der Waals surface area contributed by atoms with Crippen molar-refractivity contribution in [2.24, 2.45) is 0 Å². The van der Waals surface area contributed by atoms with Crippen LogP contribution in [-0.4, -0.2) is 25.2 Å². The van der Waals surface area contributed by atoms with Gasteiger partial charge in [0, 0.05) is 0 Å². The highest BCUT2D eigenvalue weighted by Gasteiger charge is 2.09. The van der Waals surface area contributed by atoms with E-state index >= 15 is 0 Å². The molecule has 4 nitrogen and oxygen atoms in total. The van der Waals surface area contributed by atoms with Crippen LogP contribution in [0, 0.1) is 6.92 Å². The van der Waals surface area contributed by atoms with Crippen molar-refractivity contribution in [3.63, 3.8) is 0 Å². The SMILES string of the molecule is Cc1ccc(OC[C@@H](C)NC(=O)COc2ccc3ccccc3c2)cc1. The molecule has 0 radical (unpaired) electrons. The molecule has 0 heterocycles. The Hall–Kier alpha value is -3.01. The quantitative estimate of drug-likeness (QED) is 0.698. The summed E-state index contributed by atoms with van der Waals surface area (Å²) in [5, 5.41) is 5.11. The average molecular weight is 349 g/mol. The Morgan fingerprint density at radius 1 is 0.923 bits per heavy atom. The third-order valence-electron chi connectivity index (χ3n) is 4.02. The van der Waals surface area contributed by atoms with E-state index in [1.165, 1.54) is 5.56 Å². The molecule has 26 heavy (non-hydrogen) atoms. The van der Waals surface area contributed by atoms with Gasteiger partial charge in [-0.15, -0.1) is 0 Å². The molecule has 0 bridgehead atoms. The molecule has 3 rings (SSSR count). The number of hydrogen-bond donors (Lipinski definition) is 1. The van der Waals surface area contributed by atoms with Gasteiger partial charge in [-0.2, -0.15) is 0 Å². The number of benzene rings is 3. The highest BCUT2D eigenvalue weighted by Crippen LogP contribution is 2.20. The van der Waals surface area contributed by atoms with Crippen LogP contribution in [-0.2, 0) is 4.79 Å². The summed E-state index contributed by atoms with van der Waals surface area (Å²) in [6.45, 7) is 4.32. The summed E-state index contributed by atoms with van der Waals surface area (Å²) in [7, 11) is 0. The molecular formula is C22H23NO3. The van der Waals surface area contributed by atoms with E-state index in [4.69, 9.17) is 9.47 Å². The van der Waals surface area contributed by atoms with Crippen molar-refractivity contribution >= 4 is 16.7 Å². The summed E-state index contributed by atoms with van der Waals surface area (Å²) in [5.74, 6) is 1.31. The molecule has 0 fully saturated rings. The molecule has 3 aromatic rings. The Morgan fingerprint density at radius 3 is 2.38 bits per heavy atom. The van der Waals surface area contributed by atoms with Crippen molar-refractivity contribution < 1.29 is 14.3 Å². The van der Waals surface area contributed by atoms with Gasteiger partial charge < -0.3 is 14.8 Å². The van der Waals surface area contributed by atoms with Gasteiger partial charge >= 0.3 is 0 Å². The lowest BCUT2D eigenvalue weighted by atomic mass is 10.1. The Kier molecular flexibility index (Phi) is 5.74. The third-order valence-corrected chi connectivity index (χ3v) is 4.02. The van der Waals surface area contributed by atoms with E-state index in [0.29, 0.717) is 12.4 Å². The van der Waals surface area contributed by atoms with E-state index in [1.807, 2.05) is 80.6 Å². The van der Waals surface area contributed by atoms with E-state index in [0.717, 1.165) is 16.5 Å². The average Bonchev–Trinajstić information content (AvgIpc) is 2.66. The van der Waals surface area contributed by atoms with E-state index < -0.39 is 0 Å². The maximum Gasteiger partial charge on any atom is 0.258 e.